The standard InChI is InChI=1S/C23H27N9O/c1-3-18-20(25)31(15(2)24)19-14-28-23(29-22(19)32(18)17-6-12-33-13-7-17)30-11-10-27-21(30)16-4-8-26-9-5-16/h4-5,8-11,14,17-18,24-25H,3,6-7,12-13H2,1-2H3. The summed E-state index contributed by atoms with van der Waals surface area (Å²) in [6.07, 6.45) is 11.3. The lowest BCUT2D eigenvalue weighted by molar-refractivity contribution is 0.0833. The zero-order valence-corrected chi connectivity index (χ0v) is 18.8. The average Bonchev–Trinajstić information content (AvgIpc) is 3.34. The first-order chi connectivity index (χ1) is 16.1. The summed E-state index contributed by atoms with van der Waals surface area (Å²) in [5, 5.41) is 17.2. The molecule has 5 heterocycles. The van der Waals surface area contributed by atoms with Gasteiger partial charge in [0.2, 0.25) is 5.95 Å². The van der Waals surface area contributed by atoms with E-state index in [1.165, 1.54) is 0 Å². The second kappa shape index (κ2) is 8.70. The molecule has 10 nitrogen and oxygen atoms in total. The molecule has 2 aliphatic heterocycles. The van der Waals surface area contributed by atoms with Gasteiger partial charge >= 0.3 is 0 Å². The highest BCUT2D eigenvalue weighted by molar-refractivity contribution is 6.21. The van der Waals surface area contributed by atoms with Crippen molar-refractivity contribution in [2.24, 2.45) is 0 Å². The molecule has 1 unspecified atom stereocenters. The van der Waals surface area contributed by atoms with Crippen molar-refractivity contribution in [3.05, 3.63) is 43.1 Å². The van der Waals surface area contributed by atoms with E-state index in [9.17, 15) is 0 Å². The van der Waals surface area contributed by atoms with Crippen LogP contribution in [-0.2, 0) is 4.74 Å². The SMILES string of the molecule is CCC1C(=N)N(C(C)=N)c2cnc(-n3ccnc3-c3ccncc3)nc2N1C1CCOCC1. The average molecular weight is 446 g/mol. The van der Waals surface area contributed by atoms with Crippen LogP contribution in [0.1, 0.15) is 33.1 Å². The fourth-order valence-corrected chi connectivity index (χ4v) is 4.70. The van der Waals surface area contributed by atoms with Crippen molar-refractivity contribution in [2.75, 3.05) is 23.0 Å². The molecule has 1 fully saturated rings. The first-order valence-corrected chi connectivity index (χ1v) is 11.2. The van der Waals surface area contributed by atoms with E-state index < -0.39 is 0 Å². The van der Waals surface area contributed by atoms with Crippen LogP contribution in [0.25, 0.3) is 17.3 Å². The zero-order chi connectivity index (χ0) is 22.9. The third-order valence-electron chi connectivity index (χ3n) is 6.22. The van der Waals surface area contributed by atoms with Crippen LogP contribution in [-0.4, -0.2) is 61.5 Å². The van der Waals surface area contributed by atoms with Crippen molar-refractivity contribution >= 4 is 23.2 Å². The van der Waals surface area contributed by atoms with Crippen LogP contribution in [0.15, 0.2) is 43.1 Å². The summed E-state index contributed by atoms with van der Waals surface area (Å²) in [5.74, 6) is 2.64. The number of ether oxygens (including phenoxy) is 1. The van der Waals surface area contributed by atoms with Crippen molar-refractivity contribution in [1.82, 2.24) is 24.5 Å². The van der Waals surface area contributed by atoms with E-state index in [2.05, 4.69) is 26.8 Å². The molecule has 3 aromatic heterocycles. The van der Waals surface area contributed by atoms with E-state index in [1.54, 1.807) is 36.6 Å². The Morgan fingerprint density at radius 2 is 1.91 bits per heavy atom. The first kappa shape index (κ1) is 21.2. The van der Waals surface area contributed by atoms with Gasteiger partial charge in [0.15, 0.2) is 5.82 Å². The predicted molar refractivity (Wildman–Crippen MR) is 126 cm³/mol. The molecule has 1 saturated heterocycles. The number of anilines is 2. The van der Waals surface area contributed by atoms with Gasteiger partial charge in [-0.3, -0.25) is 25.3 Å². The van der Waals surface area contributed by atoms with E-state index in [1.807, 2.05) is 22.9 Å². The largest absolute Gasteiger partial charge is 0.381 e. The molecule has 0 bridgehead atoms. The number of rotatable bonds is 4. The highest BCUT2D eigenvalue weighted by Crippen LogP contribution is 2.39. The summed E-state index contributed by atoms with van der Waals surface area (Å²) in [6, 6.07) is 3.84. The van der Waals surface area contributed by atoms with Crippen LogP contribution < -0.4 is 9.80 Å². The van der Waals surface area contributed by atoms with Crippen molar-refractivity contribution < 1.29 is 4.74 Å². The third-order valence-corrected chi connectivity index (χ3v) is 6.22. The number of nitrogens with zero attached hydrogens (tertiary/aromatic N) is 7. The molecule has 170 valence electrons. The number of imidazole rings is 1. The molecule has 33 heavy (non-hydrogen) atoms. The summed E-state index contributed by atoms with van der Waals surface area (Å²) in [6.45, 7) is 5.16. The van der Waals surface area contributed by atoms with Gasteiger partial charge in [0.05, 0.1) is 12.2 Å². The summed E-state index contributed by atoms with van der Waals surface area (Å²) >= 11 is 0. The number of pyridine rings is 1. The molecular weight excluding hydrogens is 418 g/mol. The van der Waals surface area contributed by atoms with Crippen LogP contribution >= 0.6 is 0 Å². The highest BCUT2D eigenvalue weighted by atomic mass is 16.5. The van der Waals surface area contributed by atoms with Crippen molar-refractivity contribution in [3.63, 3.8) is 0 Å². The Labute approximate surface area is 192 Å². The van der Waals surface area contributed by atoms with E-state index in [-0.39, 0.29) is 17.9 Å². The molecule has 0 aliphatic carbocycles. The second-order valence-electron chi connectivity index (χ2n) is 8.22. The topological polar surface area (TPSA) is 120 Å². The summed E-state index contributed by atoms with van der Waals surface area (Å²) < 4.78 is 7.47. The quantitative estimate of drug-likeness (QED) is 0.467. The van der Waals surface area contributed by atoms with Crippen LogP contribution in [0.2, 0.25) is 0 Å². The van der Waals surface area contributed by atoms with Crippen LogP contribution in [0.3, 0.4) is 0 Å². The van der Waals surface area contributed by atoms with Crippen molar-refractivity contribution in [1.29, 1.82) is 10.8 Å². The van der Waals surface area contributed by atoms with Crippen molar-refractivity contribution in [3.8, 4) is 17.3 Å². The number of nitrogens with one attached hydrogen (secondary N) is 2. The number of amidine groups is 2. The van der Waals surface area contributed by atoms with Crippen LogP contribution in [0.4, 0.5) is 11.5 Å². The molecule has 0 amide bonds. The smallest absolute Gasteiger partial charge is 0.237 e. The minimum atomic E-state index is -0.175. The number of aromatic nitrogens is 5. The van der Waals surface area contributed by atoms with Gasteiger partial charge in [-0.2, -0.15) is 4.98 Å². The maximum Gasteiger partial charge on any atom is 0.237 e. The molecule has 3 aromatic rings. The van der Waals surface area contributed by atoms with E-state index in [0.717, 1.165) is 36.5 Å². The summed E-state index contributed by atoms with van der Waals surface area (Å²) in [7, 11) is 0. The van der Waals surface area contributed by atoms with Gasteiger partial charge < -0.3 is 9.64 Å². The third kappa shape index (κ3) is 3.66. The monoisotopic (exact) mass is 445 g/mol. The maximum absolute atomic E-state index is 8.89. The fraction of sp³-hybridized carbons (Fsp3) is 0.391. The number of fused-ring (bicyclic) bond motifs is 1. The van der Waals surface area contributed by atoms with E-state index >= 15 is 0 Å². The Morgan fingerprint density at radius 3 is 2.61 bits per heavy atom. The number of hydrogen-bond acceptors (Lipinski definition) is 8. The van der Waals surface area contributed by atoms with Gasteiger partial charge in [0, 0.05) is 49.6 Å². The lowest BCUT2D eigenvalue weighted by Gasteiger charge is -2.47. The normalized spacial score (nSPS) is 19.0. The lowest BCUT2D eigenvalue weighted by atomic mass is 9.99. The molecule has 5 rings (SSSR count). The Bertz CT molecular complexity index is 1170. The molecule has 2 aliphatic rings. The molecule has 0 spiro atoms. The van der Waals surface area contributed by atoms with Crippen molar-refractivity contribution in [2.45, 2.75) is 45.2 Å². The Hall–Kier alpha value is -3.66. The first-order valence-electron chi connectivity index (χ1n) is 11.2. The van der Waals surface area contributed by atoms with Gasteiger partial charge in [-0.1, -0.05) is 6.92 Å². The second-order valence-corrected chi connectivity index (χ2v) is 8.22. The van der Waals surface area contributed by atoms with E-state index in [0.29, 0.717) is 30.7 Å². The molecule has 10 heteroatoms. The van der Waals surface area contributed by atoms with Gasteiger partial charge in [-0.15, -0.1) is 0 Å². The maximum atomic E-state index is 8.89. The van der Waals surface area contributed by atoms with Crippen LogP contribution in [0, 0.1) is 10.8 Å². The highest BCUT2D eigenvalue weighted by Gasteiger charge is 2.41. The fourth-order valence-electron chi connectivity index (χ4n) is 4.70. The van der Waals surface area contributed by atoms with E-state index in [4.69, 9.17) is 20.5 Å². The molecule has 0 radical (unpaired) electrons. The number of hydrogen-bond donors (Lipinski definition) is 2. The predicted octanol–water partition coefficient (Wildman–Crippen LogP) is 3.28. The zero-order valence-electron chi connectivity index (χ0n) is 18.8. The molecule has 0 saturated carbocycles. The molecular formula is C23H27N9O. The molecule has 1 atom stereocenters. The minimum Gasteiger partial charge on any atom is -0.381 e. The summed E-state index contributed by atoms with van der Waals surface area (Å²) in [5.41, 5.74) is 1.58. The van der Waals surface area contributed by atoms with Gasteiger partial charge in [0.25, 0.3) is 0 Å². The van der Waals surface area contributed by atoms with Gasteiger partial charge in [0.1, 0.15) is 23.2 Å². The molecule has 0 aromatic carbocycles. The Morgan fingerprint density at radius 1 is 1.15 bits per heavy atom. The Balaban J connectivity index is 1.66. The van der Waals surface area contributed by atoms with Gasteiger partial charge in [-0.05, 0) is 38.3 Å². The van der Waals surface area contributed by atoms with Gasteiger partial charge in [-0.25, -0.2) is 9.97 Å². The lowest BCUT2D eigenvalue weighted by Crippen LogP contribution is -2.58. The minimum absolute atomic E-state index is 0.175. The molecule has 2 N–H and O–H groups in total. The summed E-state index contributed by atoms with van der Waals surface area (Å²) in [4.78, 5) is 22.2. The van der Waals surface area contributed by atoms with Crippen LogP contribution in [0.5, 0.6) is 0 Å². The Kier molecular flexibility index (Phi) is 5.59.